The van der Waals surface area contributed by atoms with Crippen LogP contribution in [-0.2, 0) is 4.79 Å². The van der Waals surface area contributed by atoms with E-state index in [0.717, 1.165) is 10.5 Å². The number of rotatable bonds is 7. The Hall–Kier alpha value is -1.85. The Balaban J connectivity index is 1.92. The van der Waals surface area contributed by atoms with Gasteiger partial charge in [0.2, 0.25) is 5.91 Å². The summed E-state index contributed by atoms with van der Waals surface area (Å²) in [4.78, 5) is 13.1. The Labute approximate surface area is 151 Å². The van der Waals surface area contributed by atoms with E-state index >= 15 is 0 Å². The van der Waals surface area contributed by atoms with Gasteiger partial charge in [0.1, 0.15) is 0 Å². The molecule has 24 heavy (non-hydrogen) atoms. The molecule has 6 heteroatoms. The van der Waals surface area contributed by atoms with Crippen LogP contribution in [0.1, 0.15) is 18.5 Å². The van der Waals surface area contributed by atoms with Crippen LogP contribution in [0.2, 0.25) is 5.02 Å². The fraction of sp³-hybridized carbons (Fsp3) is 0.278. The van der Waals surface area contributed by atoms with Crippen molar-refractivity contribution < 1.29 is 14.3 Å². The zero-order valence-electron chi connectivity index (χ0n) is 13.8. The number of methoxy groups -OCH3 is 2. The lowest BCUT2D eigenvalue weighted by molar-refractivity contribution is -0.119. The van der Waals surface area contributed by atoms with E-state index in [2.05, 4.69) is 5.32 Å². The van der Waals surface area contributed by atoms with E-state index in [1.165, 1.54) is 11.8 Å². The Kier molecular flexibility index (Phi) is 6.82. The van der Waals surface area contributed by atoms with Crippen molar-refractivity contribution in [1.82, 2.24) is 5.32 Å². The number of hydrogen-bond acceptors (Lipinski definition) is 4. The number of thioether (sulfide) groups is 1. The van der Waals surface area contributed by atoms with Crippen molar-refractivity contribution in [2.24, 2.45) is 0 Å². The van der Waals surface area contributed by atoms with Crippen LogP contribution in [0.4, 0.5) is 0 Å². The molecule has 0 aromatic heterocycles. The third kappa shape index (κ3) is 5.08. The quantitative estimate of drug-likeness (QED) is 0.742. The van der Waals surface area contributed by atoms with Crippen molar-refractivity contribution in [1.29, 1.82) is 0 Å². The average molecular weight is 366 g/mol. The van der Waals surface area contributed by atoms with Gasteiger partial charge in [0, 0.05) is 9.92 Å². The number of carbonyl (C=O) groups is 1. The fourth-order valence-corrected chi connectivity index (χ4v) is 3.00. The number of halogens is 1. The molecule has 128 valence electrons. The van der Waals surface area contributed by atoms with Crippen molar-refractivity contribution in [2.45, 2.75) is 17.9 Å². The summed E-state index contributed by atoms with van der Waals surface area (Å²) in [6.07, 6.45) is 0. The number of ether oxygens (including phenoxy) is 2. The third-order valence-electron chi connectivity index (χ3n) is 3.47. The van der Waals surface area contributed by atoms with Gasteiger partial charge in [-0.25, -0.2) is 0 Å². The monoisotopic (exact) mass is 365 g/mol. The molecule has 0 fully saturated rings. The molecular weight excluding hydrogens is 346 g/mol. The maximum absolute atomic E-state index is 12.1. The van der Waals surface area contributed by atoms with Gasteiger partial charge in [-0.2, -0.15) is 0 Å². The lowest BCUT2D eigenvalue weighted by atomic mass is 10.1. The van der Waals surface area contributed by atoms with Crippen LogP contribution in [0.3, 0.4) is 0 Å². The van der Waals surface area contributed by atoms with E-state index < -0.39 is 0 Å². The smallest absolute Gasteiger partial charge is 0.230 e. The first-order valence-corrected chi connectivity index (χ1v) is 8.79. The number of nitrogens with one attached hydrogen (secondary N) is 1. The highest BCUT2D eigenvalue weighted by atomic mass is 35.5. The second kappa shape index (κ2) is 8.85. The Morgan fingerprint density at radius 2 is 1.79 bits per heavy atom. The molecular formula is C18H20ClNO3S. The van der Waals surface area contributed by atoms with Crippen LogP contribution in [0.25, 0.3) is 0 Å². The number of hydrogen-bond donors (Lipinski definition) is 1. The van der Waals surface area contributed by atoms with Crippen LogP contribution in [0.5, 0.6) is 11.5 Å². The molecule has 0 aliphatic carbocycles. The lowest BCUT2D eigenvalue weighted by Crippen LogP contribution is -2.28. The van der Waals surface area contributed by atoms with Gasteiger partial charge in [-0.05, 0) is 48.9 Å². The maximum Gasteiger partial charge on any atom is 0.230 e. The zero-order chi connectivity index (χ0) is 17.5. The normalized spacial score (nSPS) is 11.7. The highest BCUT2D eigenvalue weighted by Crippen LogP contribution is 2.30. The molecule has 2 rings (SSSR count). The van der Waals surface area contributed by atoms with Gasteiger partial charge < -0.3 is 14.8 Å². The Morgan fingerprint density at radius 3 is 2.42 bits per heavy atom. The highest BCUT2D eigenvalue weighted by Gasteiger charge is 2.13. The molecule has 0 bridgehead atoms. The maximum atomic E-state index is 12.1. The summed E-state index contributed by atoms with van der Waals surface area (Å²) in [6.45, 7) is 1.94. The van der Waals surface area contributed by atoms with Crippen molar-refractivity contribution in [2.75, 3.05) is 20.0 Å². The van der Waals surface area contributed by atoms with E-state index in [1.54, 1.807) is 14.2 Å². The van der Waals surface area contributed by atoms with E-state index in [-0.39, 0.29) is 11.9 Å². The van der Waals surface area contributed by atoms with Crippen LogP contribution in [-0.4, -0.2) is 25.9 Å². The summed E-state index contributed by atoms with van der Waals surface area (Å²) in [5.74, 6) is 1.63. The van der Waals surface area contributed by atoms with Crippen molar-refractivity contribution >= 4 is 29.3 Å². The predicted molar refractivity (Wildman–Crippen MR) is 98.3 cm³/mol. The van der Waals surface area contributed by atoms with Crippen molar-refractivity contribution in [3.8, 4) is 11.5 Å². The van der Waals surface area contributed by atoms with Gasteiger partial charge in [0.05, 0.1) is 26.0 Å². The highest BCUT2D eigenvalue weighted by molar-refractivity contribution is 8.00. The second-order valence-corrected chi connectivity index (χ2v) is 6.63. The molecule has 4 nitrogen and oxygen atoms in total. The number of amides is 1. The summed E-state index contributed by atoms with van der Waals surface area (Å²) in [7, 11) is 3.18. The molecule has 1 N–H and O–H groups in total. The fourth-order valence-electron chi connectivity index (χ4n) is 2.17. The summed E-state index contributed by atoms with van der Waals surface area (Å²) >= 11 is 7.32. The summed E-state index contributed by atoms with van der Waals surface area (Å²) in [6, 6.07) is 12.9. The lowest BCUT2D eigenvalue weighted by Gasteiger charge is -2.16. The van der Waals surface area contributed by atoms with Gasteiger partial charge >= 0.3 is 0 Å². The largest absolute Gasteiger partial charge is 0.493 e. The minimum absolute atomic E-state index is 0.0303. The van der Waals surface area contributed by atoms with E-state index in [0.29, 0.717) is 22.3 Å². The summed E-state index contributed by atoms with van der Waals surface area (Å²) in [5, 5.41) is 3.67. The van der Waals surface area contributed by atoms with Crippen molar-refractivity contribution in [3.05, 3.63) is 53.1 Å². The molecule has 2 aromatic carbocycles. The third-order valence-corrected chi connectivity index (χ3v) is 4.73. The van der Waals surface area contributed by atoms with Crippen molar-refractivity contribution in [3.63, 3.8) is 0 Å². The van der Waals surface area contributed by atoms with Gasteiger partial charge in [0.25, 0.3) is 0 Å². The van der Waals surface area contributed by atoms with Gasteiger partial charge in [-0.3, -0.25) is 4.79 Å². The van der Waals surface area contributed by atoms with Crippen LogP contribution in [0.15, 0.2) is 47.4 Å². The molecule has 1 amide bonds. The molecule has 0 aliphatic heterocycles. The SMILES string of the molecule is COc1ccc([C@@H](C)NC(=O)CSc2ccc(Cl)cc2)cc1OC. The van der Waals surface area contributed by atoms with Crippen LogP contribution in [0, 0.1) is 0 Å². The molecule has 0 saturated heterocycles. The molecule has 1 atom stereocenters. The standard InChI is InChI=1S/C18H20ClNO3S/c1-12(13-4-9-16(22-2)17(10-13)23-3)20-18(21)11-24-15-7-5-14(19)6-8-15/h4-10,12H,11H2,1-3H3,(H,20,21)/t12-/m1/s1. The summed E-state index contributed by atoms with van der Waals surface area (Å²) in [5.41, 5.74) is 0.956. The first kappa shape index (κ1) is 18.5. The van der Waals surface area contributed by atoms with E-state index in [1.807, 2.05) is 49.4 Å². The topological polar surface area (TPSA) is 47.6 Å². The minimum atomic E-state index is -0.122. The minimum Gasteiger partial charge on any atom is -0.493 e. The molecule has 0 spiro atoms. The van der Waals surface area contributed by atoms with Gasteiger partial charge in [-0.1, -0.05) is 17.7 Å². The molecule has 2 aromatic rings. The number of benzene rings is 2. The molecule has 0 unspecified atom stereocenters. The van der Waals surface area contributed by atoms with Crippen LogP contribution >= 0.6 is 23.4 Å². The molecule has 0 radical (unpaired) electrons. The molecule has 0 heterocycles. The summed E-state index contributed by atoms with van der Waals surface area (Å²) < 4.78 is 10.5. The van der Waals surface area contributed by atoms with Crippen LogP contribution < -0.4 is 14.8 Å². The van der Waals surface area contributed by atoms with Gasteiger partial charge in [0.15, 0.2) is 11.5 Å². The Bertz CT molecular complexity index is 691. The Morgan fingerprint density at radius 1 is 1.12 bits per heavy atom. The molecule has 0 aliphatic rings. The first-order chi connectivity index (χ1) is 11.5. The first-order valence-electron chi connectivity index (χ1n) is 7.43. The zero-order valence-corrected chi connectivity index (χ0v) is 15.4. The molecule has 0 saturated carbocycles. The average Bonchev–Trinajstić information content (AvgIpc) is 2.60. The predicted octanol–water partition coefficient (Wildman–Crippen LogP) is 4.33. The van der Waals surface area contributed by atoms with E-state index in [9.17, 15) is 4.79 Å². The van der Waals surface area contributed by atoms with E-state index in [4.69, 9.17) is 21.1 Å². The number of carbonyl (C=O) groups excluding carboxylic acids is 1. The second-order valence-electron chi connectivity index (χ2n) is 5.15. The van der Waals surface area contributed by atoms with Gasteiger partial charge in [-0.15, -0.1) is 11.8 Å².